The van der Waals surface area contributed by atoms with E-state index in [-0.39, 0.29) is 17.8 Å². The number of carbonyl (C=O) groups is 1. The van der Waals surface area contributed by atoms with Crippen LogP contribution in [-0.4, -0.2) is 67.1 Å². The van der Waals surface area contributed by atoms with Crippen molar-refractivity contribution in [3.63, 3.8) is 0 Å². The Morgan fingerprint density at radius 1 is 1.20 bits per heavy atom. The van der Waals surface area contributed by atoms with Crippen molar-refractivity contribution in [2.24, 2.45) is 0 Å². The summed E-state index contributed by atoms with van der Waals surface area (Å²) in [5.41, 5.74) is 0.644. The maximum atomic E-state index is 14.0. The second-order valence-corrected chi connectivity index (χ2v) is 8.36. The van der Waals surface area contributed by atoms with Crippen LogP contribution in [0.25, 0.3) is 0 Å². The Bertz CT molecular complexity index is 857. The van der Waals surface area contributed by atoms with Crippen molar-refractivity contribution in [3.05, 3.63) is 42.5 Å². The van der Waals surface area contributed by atoms with E-state index in [1.165, 1.54) is 24.2 Å². The number of ether oxygens (including phenoxy) is 1. The molecule has 2 aromatic rings. The number of carbonyl (C=O) groups excluding carboxylic acids is 1. The van der Waals surface area contributed by atoms with E-state index in [9.17, 15) is 9.18 Å². The number of piperazine rings is 1. The summed E-state index contributed by atoms with van der Waals surface area (Å²) in [7, 11) is 0. The smallest absolute Gasteiger partial charge is 0.230 e. The highest BCUT2D eigenvalue weighted by Gasteiger charge is 2.21. The maximum Gasteiger partial charge on any atom is 0.230 e. The van der Waals surface area contributed by atoms with Crippen LogP contribution in [0.3, 0.4) is 0 Å². The van der Waals surface area contributed by atoms with Gasteiger partial charge in [-0.25, -0.2) is 14.4 Å². The molecule has 30 heavy (non-hydrogen) atoms. The van der Waals surface area contributed by atoms with Gasteiger partial charge in [0.2, 0.25) is 5.91 Å². The molecule has 0 bridgehead atoms. The lowest BCUT2D eigenvalue weighted by Gasteiger charge is -2.36. The van der Waals surface area contributed by atoms with Crippen molar-refractivity contribution >= 4 is 29.2 Å². The molecular formula is C21H26FN5O2S. The van der Waals surface area contributed by atoms with Crippen LogP contribution in [0.4, 0.5) is 15.9 Å². The van der Waals surface area contributed by atoms with Gasteiger partial charge in [-0.3, -0.25) is 4.79 Å². The first kappa shape index (κ1) is 20.9. The first-order chi connectivity index (χ1) is 14.7. The molecule has 2 aliphatic heterocycles. The lowest BCUT2D eigenvalue weighted by molar-refractivity contribution is -0.119. The van der Waals surface area contributed by atoms with Crippen molar-refractivity contribution in [2.75, 3.05) is 54.9 Å². The average Bonchev–Trinajstić information content (AvgIpc) is 3.31. The standard InChI is InChI=1S/C21H26FN5O2S/c22-17-5-1-2-6-18(17)26-7-9-27(10-8-26)19-12-21(25-15-24-19)30-14-20(28)23-13-16-4-3-11-29-16/h1-2,5-6,12,15-16H,3-4,7-11,13-14H2,(H,23,28). The van der Waals surface area contributed by atoms with Crippen LogP contribution in [-0.2, 0) is 9.53 Å². The zero-order chi connectivity index (χ0) is 20.8. The van der Waals surface area contributed by atoms with E-state index in [0.29, 0.717) is 18.0 Å². The minimum absolute atomic E-state index is 0.0193. The number of hydrogen-bond acceptors (Lipinski definition) is 7. The summed E-state index contributed by atoms with van der Waals surface area (Å²) in [6.45, 7) is 4.29. The predicted molar refractivity (Wildman–Crippen MR) is 116 cm³/mol. The Kier molecular flexibility index (Phi) is 7.01. The topological polar surface area (TPSA) is 70.6 Å². The second kappa shape index (κ2) is 10.1. The van der Waals surface area contributed by atoms with E-state index in [0.717, 1.165) is 56.5 Å². The molecule has 0 saturated carbocycles. The molecule has 2 saturated heterocycles. The zero-order valence-electron chi connectivity index (χ0n) is 16.8. The van der Waals surface area contributed by atoms with Gasteiger partial charge in [-0.15, -0.1) is 0 Å². The third-order valence-corrected chi connectivity index (χ3v) is 6.25. The predicted octanol–water partition coefficient (Wildman–Crippen LogP) is 2.33. The van der Waals surface area contributed by atoms with Gasteiger partial charge in [-0.2, -0.15) is 0 Å². The highest BCUT2D eigenvalue weighted by molar-refractivity contribution is 7.99. The summed E-state index contributed by atoms with van der Waals surface area (Å²) >= 11 is 1.40. The van der Waals surface area contributed by atoms with E-state index in [2.05, 4.69) is 25.1 Å². The van der Waals surface area contributed by atoms with Gasteiger partial charge in [0.05, 0.1) is 17.5 Å². The molecule has 2 aliphatic rings. The molecule has 1 aromatic carbocycles. The normalized spacial score (nSPS) is 19.2. The van der Waals surface area contributed by atoms with Crippen molar-refractivity contribution in [3.8, 4) is 0 Å². The number of nitrogens with one attached hydrogen (secondary N) is 1. The fraction of sp³-hybridized carbons (Fsp3) is 0.476. The zero-order valence-corrected chi connectivity index (χ0v) is 17.6. The van der Waals surface area contributed by atoms with Crippen LogP contribution in [0.2, 0.25) is 0 Å². The van der Waals surface area contributed by atoms with Crippen LogP contribution in [0.15, 0.2) is 41.7 Å². The number of amides is 1. The SMILES string of the molecule is O=C(CSc1cc(N2CCN(c3ccccc3F)CC2)ncn1)NCC1CCCO1. The number of anilines is 2. The summed E-state index contributed by atoms with van der Waals surface area (Å²) in [6.07, 6.45) is 3.75. The number of rotatable bonds is 7. The highest BCUT2D eigenvalue weighted by Crippen LogP contribution is 2.24. The Balaban J connectivity index is 1.26. The molecule has 0 spiro atoms. The van der Waals surface area contributed by atoms with E-state index < -0.39 is 0 Å². The number of thioether (sulfide) groups is 1. The fourth-order valence-corrected chi connectivity index (χ4v) is 4.38. The van der Waals surface area contributed by atoms with Crippen LogP contribution < -0.4 is 15.1 Å². The number of nitrogens with zero attached hydrogens (tertiary/aromatic N) is 4. The molecule has 3 heterocycles. The van der Waals surface area contributed by atoms with Crippen molar-refractivity contribution in [2.45, 2.75) is 24.0 Å². The maximum absolute atomic E-state index is 14.0. The highest BCUT2D eigenvalue weighted by atomic mass is 32.2. The van der Waals surface area contributed by atoms with Gasteiger partial charge in [0.1, 0.15) is 23.0 Å². The van der Waals surface area contributed by atoms with Crippen molar-refractivity contribution in [1.29, 1.82) is 0 Å². The quantitative estimate of drug-likeness (QED) is 0.533. The van der Waals surface area contributed by atoms with E-state index >= 15 is 0 Å². The fourth-order valence-electron chi connectivity index (χ4n) is 3.69. The summed E-state index contributed by atoms with van der Waals surface area (Å²) in [5.74, 6) is 0.934. The van der Waals surface area contributed by atoms with Gasteiger partial charge >= 0.3 is 0 Å². The van der Waals surface area contributed by atoms with E-state index in [4.69, 9.17) is 4.74 Å². The summed E-state index contributed by atoms with van der Waals surface area (Å²) in [6, 6.07) is 8.78. The molecule has 2 fully saturated rings. The Hall–Kier alpha value is -2.39. The Labute approximate surface area is 180 Å². The van der Waals surface area contributed by atoms with Gasteiger partial charge in [-0.05, 0) is 25.0 Å². The number of benzene rings is 1. The summed E-state index contributed by atoms with van der Waals surface area (Å²) in [5, 5.41) is 3.69. The van der Waals surface area contributed by atoms with E-state index in [1.807, 2.05) is 18.2 Å². The monoisotopic (exact) mass is 431 g/mol. The van der Waals surface area contributed by atoms with Gasteiger partial charge in [0.25, 0.3) is 0 Å². The number of para-hydroxylation sites is 1. The Morgan fingerprint density at radius 2 is 2.00 bits per heavy atom. The van der Waals surface area contributed by atoms with Gasteiger partial charge in [0, 0.05) is 45.4 Å². The molecule has 1 N–H and O–H groups in total. The molecule has 1 amide bonds. The van der Waals surface area contributed by atoms with Gasteiger partial charge in [0.15, 0.2) is 0 Å². The van der Waals surface area contributed by atoms with Crippen LogP contribution in [0.1, 0.15) is 12.8 Å². The molecule has 1 aromatic heterocycles. The molecule has 0 radical (unpaired) electrons. The summed E-state index contributed by atoms with van der Waals surface area (Å²) in [4.78, 5) is 25.0. The molecule has 7 nitrogen and oxygen atoms in total. The average molecular weight is 432 g/mol. The van der Waals surface area contributed by atoms with Crippen molar-refractivity contribution in [1.82, 2.24) is 15.3 Å². The summed E-state index contributed by atoms with van der Waals surface area (Å²) < 4.78 is 19.5. The lowest BCUT2D eigenvalue weighted by Crippen LogP contribution is -2.47. The Morgan fingerprint density at radius 3 is 2.77 bits per heavy atom. The first-order valence-electron chi connectivity index (χ1n) is 10.3. The van der Waals surface area contributed by atoms with Crippen LogP contribution >= 0.6 is 11.8 Å². The van der Waals surface area contributed by atoms with Crippen LogP contribution in [0, 0.1) is 5.82 Å². The number of hydrogen-bond donors (Lipinski definition) is 1. The molecular weight excluding hydrogens is 405 g/mol. The molecule has 4 rings (SSSR count). The third-order valence-electron chi connectivity index (χ3n) is 5.33. The first-order valence-corrected chi connectivity index (χ1v) is 11.2. The molecule has 1 unspecified atom stereocenters. The molecule has 1 atom stereocenters. The second-order valence-electron chi connectivity index (χ2n) is 7.37. The van der Waals surface area contributed by atoms with Gasteiger partial charge in [-0.1, -0.05) is 23.9 Å². The minimum Gasteiger partial charge on any atom is -0.376 e. The molecule has 160 valence electrons. The minimum atomic E-state index is -0.190. The van der Waals surface area contributed by atoms with Crippen LogP contribution in [0.5, 0.6) is 0 Å². The van der Waals surface area contributed by atoms with E-state index in [1.54, 1.807) is 6.07 Å². The lowest BCUT2D eigenvalue weighted by atomic mass is 10.2. The molecule has 9 heteroatoms. The number of halogens is 1. The number of aromatic nitrogens is 2. The van der Waals surface area contributed by atoms with Crippen molar-refractivity contribution < 1.29 is 13.9 Å². The van der Waals surface area contributed by atoms with Gasteiger partial charge < -0.3 is 19.9 Å². The third kappa shape index (κ3) is 5.40. The largest absolute Gasteiger partial charge is 0.376 e. The molecule has 0 aliphatic carbocycles.